The second-order valence-electron chi connectivity index (χ2n) is 1.58. The van der Waals surface area contributed by atoms with Crippen LogP contribution >= 0.6 is 11.6 Å². The molecule has 0 saturated heterocycles. The van der Waals surface area contributed by atoms with E-state index in [0.717, 1.165) is 0 Å². The van der Waals surface area contributed by atoms with Crippen molar-refractivity contribution in [2.45, 2.75) is 20.0 Å². The molecule has 0 aliphatic heterocycles. The van der Waals surface area contributed by atoms with E-state index in [9.17, 15) is 0 Å². The average molecular weight is 133 g/mol. The van der Waals surface area contributed by atoms with Gasteiger partial charge >= 0.3 is 0 Å². The molecule has 0 spiro atoms. The number of rotatable bonds is 1. The summed E-state index contributed by atoms with van der Waals surface area (Å²) in [4.78, 5) is 0. The molecule has 0 aromatic heterocycles. The maximum atomic E-state index is 5.23. The second kappa shape index (κ2) is 4.80. The third-order valence-electron chi connectivity index (χ3n) is 0.434. The highest BCUT2D eigenvalue weighted by Gasteiger charge is 1.83. The Morgan fingerprint density at radius 3 is 2.62 bits per heavy atom. The quantitative estimate of drug-likeness (QED) is 0.389. The van der Waals surface area contributed by atoms with Gasteiger partial charge in [-0.3, -0.25) is 0 Å². The van der Waals surface area contributed by atoms with Crippen LogP contribution in [0.4, 0.5) is 0 Å². The van der Waals surface area contributed by atoms with Gasteiger partial charge in [0.2, 0.25) is 0 Å². The van der Waals surface area contributed by atoms with Crippen LogP contribution in [0.5, 0.6) is 0 Å². The second-order valence-corrected chi connectivity index (χ2v) is 1.85. The van der Waals surface area contributed by atoms with E-state index in [2.05, 4.69) is 12.0 Å². The summed E-state index contributed by atoms with van der Waals surface area (Å²) in [6.07, 6.45) is 2.62. The van der Waals surface area contributed by atoms with E-state index in [0.29, 0.717) is 5.88 Å². The lowest BCUT2D eigenvalue weighted by Gasteiger charge is -1.96. The predicted octanol–water partition coefficient (Wildman–Crippen LogP) is 1.61. The summed E-state index contributed by atoms with van der Waals surface area (Å²) < 4.78 is 4.84. The minimum atomic E-state index is 0.172. The van der Waals surface area contributed by atoms with Gasteiger partial charge in [-0.15, -0.1) is 11.6 Å². The maximum Gasteiger partial charge on any atom is 0.111 e. The molecular weight excluding hydrogens is 124 g/mol. The summed E-state index contributed by atoms with van der Waals surface area (Å²) in [6.45, 7) is 3.84. The smallest absolute Gasteiger partial charge is 0.111 e. The molecule has 0 saturated carbocycles. The summed E-state index contributed by atoms with van der Waals surface area (Å²) in [5.41, 5.74) is 0. The van der Waals surface area contributed by atoms with E-state index in [1.165, 1.54) is 0 Å². The molecule has 0 heterocycles. The number of ether oxygens (including phenoxy) is 1. The van der Waals surface area contributed by atoms with Gasteiger partial charge in [0.15, 0.2) is 0 Å². The molecule has 1 nitrogen and oxygen atoms in total. The summed E-state index contributed by atoms with van der Waals surface area (Å²) in [5.74, 6) is 2.91. The van der Waals surface area contributed by atoms with Gasteiger partial charge in [0.05, 0.1) is 5.88 Å². The van der Waals surface area contributed by atoms with Crippen LogP contribution in [0.3, 0.4) is 0 Å². The zero-order valence-corrected chi connectivity index (χ0v) is 5.83. The number of halogens is 1. The van der Waals surface area contributed by atoms with Crippen LogP contribution < -0.4 is 0 Å². The van der Waals surface area contributed by atoms with Gasteiger partial charge in [0.1, 0.15) is 12.2 Å². The molecule has 0 fully saturated rings. The van der Waals surface area contributed by atoms with Crippen molar-refractivity contribution in [1.82, 2.24) is 0 Å². The first-order valence-electron chi connectivity index (χ1n) is 2.47. The first-order chi connectivity index (χ1) is 3.77. The summed E-state index contributed by atoms with van der Waals surface area (Å²) in [7, 11) is 0. The Bertz CT molecular complexity index is 98.8. The van der Waals surface area contributed by atoms with Crippen LogP contribution in [0.2, 0.25) is 0 Å². The SMILES string of the molecule is CC(C)OC#CCCl. The van der Waals surface area contributed by atoms with Gasteiger partial charge in [-0.25, -0.2) is 0 Å². The standard InChI is InChI=1S/C6H9ClO/c1-6(2)8-5-3-4-7/h6H,4H2,1-2H3. The molecule has 0 aromatic rings. The lowest BCUT2D eigenvalue weighted by atomic mass is 10.5. The molecule has 0 aromatic carbocycles. The number of alkyl halides is 1. The third-order valence-corrected chi connectivity index (χ3v) is 0.567. The molecule has 8 heavy (non-hydrogen) atoms. The Kier molecular flexibility index (Phi) is 4.59. The fourth-order valence-corrected chi connectivity index (χ4v) is 0.241. The first-order valence-corrected chi connectivity index (χ1v) is 3.00. The molecule has 0 radical (unpaired) electrons. The van der Waals surface area contributed by atoms with E-state index in [1.54, 1.807) is 0 Å². The Balaban J connectivity index is 3.15. The van der Waals surface area contributed by atoms with Crippen molar-refractivity contribution < 1.29 is 4.74 Å². The van der Waals surface area contributed by atoms with Crippen LogP contribution in [0, 0.1) is 12.0 Å². The van der Waals surface area contributed by atoms with Crippen molar-refractivity contribution in [2.75, 3.05) is 5.88 Å². The molecule has 0 amide bonds. The van der Waals surface area contributed by atoms with Crippen LogP contribution in [-0.2, 0) is 4.74 Å². The van der Waals surface area contributed by atoms with Crippen molar-refractivity contribution in [3.05, 3.63) is 0 Å². The Hall–Kier alpha value is -0.350. The first kappa shape index (κ1) is 7.65. The Morgan fingerprint density at radius 1 is 1.62 bits per heavy atom. The van der Waals surface area contributed by atoms with E-state index in [-0.39, 0.29) is 6.10 Å². The molecule has 46 valence electrons. The highest BCUT2D eigenvalue weighted by atomic mass is 35.5. The summed E-state index contributed by atoms with van der Waals surface area (Å²) in [6, 6.07) is 0. The molecule has 0 N–H and O–H groups in total. The molecule has 0 bridgehead atoms. The largest absolute Gasteiger partial charge is 0.444 e. The van der Waals surface area contributed by atoms with Crippen molar-refractivity contribution in [3.8, 4) is 12.0 Å². The minimum absolute atomic E-state index is 0.172. The summed E-state index contributed by atoms with van der Waals surface area (Å²) in [5, 5.41) is 0. The van der Waals surface area contributed by atoms with E-state index >= 15 is 0 Å². The molecular formula is C6H9ClO. The van der Waals surface area contributed by atoms with Crippen LogP contribution in [0.1, 0.15) is 13.8 Å². The Morgan fingerprint density at radius 2 is 2.25 bits per heavy atom. The van der Waals surface area contributed by atoms with Gasteiger partial charge in [-0.1, -0.05) is 0 Å². The van der Waals surface area contributed by atoms with Crippen molar-refractivity contribution >= 4 is 11.6 Å². The fourth-order valence-electron chi connectivity index (χ4n) is 0.187. The Labute approximate surface area is 55.0 Å². The highest BCUT2D eigenvalue weighted by Crippen LogP contribution is 1.82. The lowest BCUT2D eigenvalue weighted by Crippen LogP contribution is -1.94. The molecule has 0 rings (SSSR count). The monoisotopic (exact) mass is 132 g/mol. The molecule has 0 aliphatic carbocycles. The third kappa shape index (κ3) is 5.65. The number of hydrogen-bond acceptors (Lipinski definition) is 1. The van der Waals surface area contributed by atoms with Crippen LogP contribution in [0.15, 0.2) is 0 Å². The predicted molar refractivity (Wildman–Crippen MR) is 34.7 cm³/mol. The van der Waals surface area contributed by atoms with Crippen LogP contribution in [-0.4, -0.2) is 12.0 Å². The van der Waals surface area contributed by atoms with Gasteiger partial charge in [-0.05, 0) is 19.8 Å². The minimum Gasteiger partial charge on any atom is -0.444 e. The molecule has 2 heteroatoms. The normalized spacial score (nSPS) is 8.00. The number of hydrogen-bond donors (Lipinski definition) is 0. The van der Waals surface area contributed by atoms with E-state index in [1.807, 2.05) is 13.8 Å². The van der Waals surface area contributed by atoms with Crippen molar-refractivity contribution in [3.63, 3.8) is 0 Å². The molecule has 0 unspecified atom stereocenters. The topological polar surface area (TPSA) is 9.23 Å². The van der Waals surface area contributed by atoms with Gasteiger partial charge in [0, 0.05) is 0 Å². The van der Waals surface area contributed by atoms with Gasteiger partial charge in [-0.2, -0.15) is 0 Å². The van der Waals surface area contributed by atoms with E-state index < -0.39 is 0 Å². The van der Waals surface area contributed by atoms with Crippen molar-refractivity contribution in [1.29, 1.82) is 0 Å². The zero-order chi connectivity index (χ0) is 6.41. The fraction of sp³-hybridized carbons (Fsp3) is 0.667. The van der Waals surface area contributed by atoms with Gasteiger partial charge < -0.3 is 4.74 Å². The zero-order valence-electron chi connectivity index (χ0n) is 5.07. The average Bonchev–Trinajstić information content (AvgIpc) is 1.66. The van der Waals surface area contributed by atoms with Gasteiger partial charge in [0.25, 0.3) is 0 Å². The molecule has 0 atom stereocenters. The summed E-state index contributed by atoms with van der Waals surface area (Å²) >= 11 is 5.23. The molecule has 0 aliphatic rings. The van der Waals surface area contributed by atoms with E-state index in [4.69, 9.17) is 16.3 Å². The maximum absolute atomic E-state index is 5.23. The van der Waals surface area contributed by atoms with Crippen LogP contribution in [0.25, 0.3) is 0 Å². The highest BCUT2D eigenvalue weighted by molar-refractivity contribution is 6.19. The van der Waals surface area contributed by atoms with Crippen molar-refractivity contribution in [2.24, 2.45) is 0 Å². The lowest BCUT2D eigenvalue weighted by molar-refractivity contribution is 0.204.